The molecule has 1 fully saturated rings. The van der Waals surface area contributed by atoms with Crippen LogP contribution in [-0.4, -0.2) is 43.6 Å². The van der Waals surface area contributed by atoms with Gasteiger partial charge in [-0.05, 0) is 63.3 Å². The number of guanidine groups is 1. The summed E-state index contributed by atoms with van der Waals surface area (Å²) < 4.78 is 0. The van der Waals surface area contributed by atoms with E-state index in [1.54, 1.807) is 0 Å². The Kier molecular flexibility index (Phi) is 7.10. The van der Waals surface area contributed by atoms with Crippen molar-refractivity contribution >= 4 is 5.96 Å². The van der Waals surface area contributed by atoms with Gasteiger partial charge < -0.3 is 15.5 Å². The minimum Gasteiger partial charge on any atom is -0.354 e. The summed E-state index contributed by atoms with van der Waals surface area (Å²) in [6.07, 6.45) is 3.64. The van der Waals surface area contributed by atoms with E-state index < -0.39 is 0 Å². The van der Waals surface area contributed by atoms with Gasteiger partial charge in [0.1, 0.15) is 0 Å². The van der Waals surface area contributed by atoms with Gasteiger partial charge in [0, 0.05) is 32.7 Å². The molecule has 1 saturated heterocycles. The number of piperidine rings is 1. The lowest BCUT2D eigenvalue weighted by molar-refractivity contribution is 0.206. The molecular weight excluding hydrogens is 296 g/mol. The minimum atomic E-state index is 0.532. The van der Waals surface area contributed by atoms with Crippen molar-refractivity contribution in [2.45, 2.75) is 59.5 Å². The fourth-order valence-electron chi connectivity index (χ4n) is 3.67. The van der Waals surface area contributed by atoms with E-state index in [1.807, 2.05) is 7.05 Å². The first-order valence-electron chi connectivity index (χ1n) is 9.29. The van der Waals surface area contributed by atoms with Crippen LogP contribution in [0.4, 0.5) is 0 Å². The Morgan fingerprint density at radius 1 is 1.17 bits per heavy atom. The topological polar surface area (TPSA) is 39.7 Å². The van der Waals surface area contributed by atoms with Gasteiger partial charge in [-0.1, -0.05) is 24.6 Å². The highest BCUT2D eigenvalue weighted by atomic mass is 15.2. The van der Waals surface area contributed by atoms with Gasteiger partial charge in [-0.2, -0.15) is 0 Å². The number of aryl methyl sites for hydroxylation is 3. The van der Waals surface area contributed by atoms with Gasteiger partial charge in [0.2, 0.25) is 0 Å². The number of hydrogen-bond donors (Lipinski definition) is 2. The van der Waals surface area contributed by atoms with Crippen LogP contribution in [0.15, 0.2) is 17.1 Å². The second kappa shape index (κ2) is 9.07. The number of benzene rings is 1. The summed E-state index contributed by atoms with van der Waals surface area (Å²) in [5.74, 6) is 0.920. The van der Waals surface area contributed by atoms with Gasteiger partial charge in [0.25, 0.3) is 0 Å². The van der Waals surface area contributed by atoms with E-state index in [4.69, 9.17) is 0 Å². The Morgan fingerprint density at radius 2 is 1.79 bits per heavy atom. The molecular formula is C20H34N4. The second-order valence-electron chi connectivity index (χ2n) is 7.06. The van der Waals surface area contributed by atoms with E-state index in [0.717, 1.165) is 12.5 Å². The number of aliphatic imine (C=N–C) groups is 1. The molecule has 0 radical (unpaired) electrons. The van der Waals surface area contributed by atoms with Crippen molar-refractivity contribution in [3.8, 4) is 0 Å². The van der Waals surface area contributed by atoms with Crippen LogP contribution in [-0.2, 0) is 6.54 Å². The lowest BCUT2D eigenvalue weighted by Gasteiger charge is -2.32. The summed E-state index contributed by atoms with van der Waals surface area (Å²) in [6.45, 7) is 13.2. The molecule has 1 aromatic carbocycles. The van der Waals surface area contributed by atoms with Crippen LogP contribution in [0, 0.1) is 20.8 Å². The molecule has 0 saturated carbocycles. The fraction of sp³-hybridized carbons (Fsp3) is 0.650. The Labute approximate surface area is 147 Å². The Bertz CT molecular complexity index is 534. The largest absolute Gasteiger partial charge is 0.354 e. The van der Waals surface area contributed by atoms with Crippen molar-refractivity contribution < 1.29 is 0 Å². The number of hydrogen-bond acceptors (Lipinski definition) is 2. The predicted octanol–water partition coefficient (Wildman–Crippen LogP) is 3.15. The Morgan fingerprint density at radius 3 is 2.33 bits per heavy atom. The van der Waals surface area contributed by atoms with E-state index in [9.17, 15) is 0 Å². The van der Waals surface area contributed by atoms with Gasteiger partial charge in [-0.15, -0.1) is 0 Å². The molecule has 0 atom stereocenters. The summed E-state index contributed by atoms with van der Waals surface area (Å²) in [6, 6.07) is 5.04. The second-order valence-corrected chi connectivity index (χ2v) is 7.06. The molecule has 2 N–H and O–H groups in total. The van der Waals surface area contributed by atoms with E-state index in [2.05, 4.69) is 60.4 Å². The monoisotopic (exact) mass is 330 g/mol. The average Bonchev–Trinajstić information content (AvgIpc) is 2.54. The van der Waals surface area contributed by atoms with Crippen molar-refractivity contribution in [3.63, 3.8) is 0 Å². The van der Waals surface area contributed by atoms with Crippen LogP contribution in [0.25, 0.3) is 0 Å². The molecule has 0 unspecified atom stereocenters. The molecule has 0 amide bonds. The molecule has 1 heterocycles. The van der Waals surface area contributed by atoms with Crippen LogP contribution in [0.2, 0.25) is 0 Å². The molecule has 0 aliphatic carbocycles. The zero-order valence-corrected chi connectivity index (χ0v) is 16.1. The first kappa shape index (κ1) is 18.8. The standard InChI is InChI=1S/C20H34N4/c1-6-9-24-10-7-18(8-11-24)23-20(21-5)22-14-19-16(3)12-15(2)13-17(19)4/h12-13,18H,6-11,14H2,1-5H3,(H2,21,22,23). The van der Waals surface area contributed by atoms with Crippen molar-refractivity contribution in [1.82, 2.24) is 15.5 Å². The minimum absolute atomic E-state index is 0.532. The molecule has 24 heavy (non-hydrogen) atoms. The molecule has 0 spiro atoms. The highest BCUT2D eigenvalue weighted by molar-refractivity contribution is 5.80. The van der Waals surface area contributed by atoms with Crippen LogP contribution in [0.5, 0.6) is 0 Å². The predicted molar refractivity (Wildman–Crippen MR) is 104 cm³/mol. The highest BCUT2D eigenvalue weighted by Gasteiger charge is 2.19. The van der Waals surface area contributed by atoms with Gasteiger partial charge >= 0.3 is 0 Å². The molecule has 0 bridgehead atoms. The summed E-state index contributed by atoms with van der Waals surface area (Å²) in [4.78, 5) is 6.97. The maximum Gasteiger partial charge on any atom is 0.191 e. The Balaban J connectivity index is 1.86. The number of nitrogens with zero attached hydrogens (tertiary/aromatic N) is 2. The third kappa shape index (κ3) is 5.23. The quantitative estimate of drug-likeness (QED) is 0.643. The van der Waals surface area contributed by atoms with Crippen molar-refractivity contribution in [2.24, 2.45) is 4.99 Å². The number of nitrogens with one attached hydrogen (secondary N) is 2. The molecule has 0 aromatic heterocycles. The summed E-state index contributed by atoms with van der Waals surface area (Å²) >= 11 is 0. The number of likely N-dealkylation sites (tertiary alicyclic amines) is 1. The van der Waals surface area contributed by atoms with E-state index >= 15 is 0 Å². The lowest BCUT2D eigenvalue weighted by Crippen LogP contribution is -2.48. The zero-order chi connectivity index (χ0) is 17.5. The molecule has 1 aliphatic heterocycles. The Hall–Kier alpha value is -1.55. The lowest BCUT2D eigenvalue weighted by atomic mass is 10.00. The van der Waals surface area contributed by atoms with E-state index in [0.29, 0.717) is 6.04 Å². The van der Waals surface area contributed by atoms with Gasteiger partial charge in [0.05, 0.1) is 0 Å². The maximum absolute atomic E-state index is 4.41. The number of rotatable bonds is 5. The maximum atomic E-state index is 4.41. The molecule has 134 valence electrons. The van der Waals surface area contributed by atoms with Gasteiger partial charge in [-0.3, -0.25) is 4.99 Å². The summed E-state index contributed by atoms with van der Waals surface area (Å²) in [5.41, 5.74) is 5.41. The van der Waals surface area contributed by atoms with Crippen molar-refractivity contribution in [1.29, 1.82) is 0 Å². The first-order valence-corrected chi connectivity index (χ1v) is 9.29. The molecule has 2 rings (SSSR count). The smallest absolute Gasteiger partial charge is 0.191 e. The van der Waals surface area contributed by atoms with Crippen LogP contribution < -0.4 is 10.6 Å². The van der Waals surface area contributed by atoms with Crippen LogP contribution in [0.3, 0.4) is 0 Å². The van der Waals surface area contributed by atoms with Crippen LogP contribution >= 0.6 is 0 Å². The van der Waals surface area contributed by atoms with Gasteiger partial charge in [-0.25, -0.2) is 0 Å². The summed E-state index contributed by atoms with van der Waals surface area (Å²) in [5, 5.41) is 7.10. The average molecular weight is 331 g/mol. The molecule has 1 aromatic rings. The zero-order valence-electron chi connectivity index (χ0n) is 16.1. The SMILES string of the molecule is CCCN1CCC(NC(=NC)NCc2c(C)cc(C)cc2C)CC1. The van der Waals surface area contributed by atoms with Gasteiger partial charge in [0.15, 0.2) is 5.96 Å². The highest BCUT2D eigenvalue weighted by Crippen LogP contribution is 2.16. The summed E-state index contributed by atoms with van der Waals surface area (Å²) in [7, 11) is 1.86. The molecule has 4 nitrogen and oxygen atoms in total. The van der Waals surface area contributed by atoms with E-state index in [1.165, 1.54) is 61.2 Å². The van der Waals surface area contributed by atoms with Crippen molar-refractivity contribution in [3.05, 3.63) is 34.4 Å². The first-order chi connectivity index (χ1) is 11.5. The van der Waals surface area contributed by atoms with Crippen molar-refractivity contribution in [2.75, 3.05) is 26.7 Å². The normalized spacial score (nSPS) is 17.1. The fourth-order valence-corrected chi connectivity index (χ4v) is 3.67. The third-order valence-electron chi connectivity index (χ3n) is 4.96. The third-order valence-corrected chi connectivity index (χ3v) is 4.96. The van der Waals surface area contributed by atoms with E-state index in [-0.39, 0.29) is 0 Å². The molecule has 4 heteroatoms. The van der Waals surface area contributed by atoms with Crippen LogP contribution in [0.1, 0.15) is 48.4 Å². The molecule has 1 aliphatic rings.